The van der Waals surface area contributed by atoms with E-state index >= 15 is 0 Å². The van der Waals surface area contributed by atoms with Gasteiger partial charge >= 0.3 is 0 Å². The highest BCUT2D eigenvalue weighted by molar-refractivity contribution is 4.79. The Morgan fingerprint density at radius 3 is 2.12 bits per heavy atom. The first-order valence-electron chi connectivity index (χ1n) is 6.88. The van der Waals surface area contributed by atoms with Gasteiger partial charge in [0.05, 0.1) is 0 Å². The van der Waals surface area contributed by atoms with Crippen LogP contribution in [0.1, 0.15) is 60.8 Å². The van der Waals surface area contributed by atoms with Crippen LogP contribution in [0.5, 0.6) is 0 Å². The van der Waals surface area contributed by atoms with E-state index in [2.05, 4.69) is 46.4 Å². The number of rotatable bonds is 2. The molecule has 0 saturated carbocycles. The second kappa shape index (κ2) is 5.08. The predicted octanol–water partition coefficient (Wildman–Crippen LogP) is 4.18. The van der Waals surface area contributed by atoms with Crippen molar-refractivity contribution in [1.29, 1.82) is 0 Å². The molecular weight excluding hydrogens is 194 g/mol. The van der Waals surface area contributed by atoms with Crippen LogP contribution in [0.25, 0.3) is 0 Å². The van der Waals surface area contributed by atoms with Crippen LogP contribution in [-0.4, -0.2) is 24.5 Å². The molecule has 1 heterocycles. The minimum absolute atomic E-state index is 0.448. The largest absolute Gasteiger partial charge is 0.303 e. The van der Waals surface area contributed by atoms with E-state index in [0.29, 0.717) is 10.8 Å². The van der Waals surface area contributed by atoms with Gasteiger partial charge in [-0.25, -0.2) is 0 Å². The minimum atomic E-state index is 0.448. The van der Waals surface area contributed by atoms with E-state index in [-0.39, 0.29) is 0 Å². The Morgan fingerprint density at radius 1 is 1.00 bits per heavy atom. The van der Waals surface area contributed by atoms with Crippen molar-refractivity contribution in [2.75, 3.05) is 19.6 Å². The zero-order valence-corrected chi connectivity index (χ0v) is 12.3. The highest BCUT2D eigenvalue weighted by Gasteiger charge is 2.26. The molecule has 0 N–H and O–H groups in total. The topological polar surface area (TPSA) is 3.24 Å². The molecule has 1 rings (SSSR count). The molecule has 1 fully saturated rings. The lowest BCUT2D eigenvalue weighted by Gasteiger charge is -2.38. The highest BCUT2D eigenvalue weighted by Crippen LogP contribution is 2.31. The van der Waals surface area contributed by atoms with Crippen molar-refractivity contribution < 1.29 is 0 Å². The molecule has 0 bridgehead atoms. The molecule has 1 atom stereocenters. The molecule has 1 aliphatic heterocycles. The van der Waals surface area contributed by atoms with Crippen LogP contribution in [0.4, 0.5) is 0 Å². The quantitative estimate of drug-likeness (QED) is 0.681. The SMILES string of the molecule is CC(C)(C)CC1CCCN(CC(C)(C)C)C1. The van der Waals surface area contributed by atoms with E-state index in [4.69, 9.17) is 0 Å². The van der Waals surface area contributed by atoms with Crippen molar-refractivity contribution in [2.45, 2.75) is 60.8 Å². The standard InChI is InChI=1S/C15H31N/c1-14(2,3)10-13-8-7-9-16(11-13)12-15(4,5)6/h13H,7-12H2,1-6H3. The summed E-state index contributed by atoms with van der Waals surface area (Å²) in [6, 6.07) is 0. The summed E-state index contributed by atoms with van der Waals surface area (Å²) in [6.07, 6.45) is 4.22. The number of nitrogens with zero attached hydrogens (tertiary/aromatic N) is 1. The van der Waals surface area contributed by atoms with Gasteiger partial charge in [-0.2, -0.15) is 0 Å². The first kappa shape index (κ1) is 14.0. The van der Waals surface area contributed by atoms with Crippen molar-refractivity contribution in [3.8, 4) is 0 Å². The minimum Gasteiger partial charge on any atom is -0.303 e. The summed E-state index contributed by atoms with van der Waals surface area (Å²) in [6.45, 7) is 18.1. The summed E-state index contributed by atoms with van der Waals surface area (Å²) in [7, 11) is 0. The van der Waals surface area contributed by atoms with Crippen molar-refractivity contribution in [3.05, 3.63) is 0 Å². The van der Waals surface area contributed by atoms with Crippen molar-refractivity contribution >= 4 is 0 Å². The van der Waals surface area contributed by atoms with E-state index < -0.39 is 0 Å². The zero-order chi connectivity index (χ0) is 12.4. The fourth-order valence-electron chi connectivity index (χ4n) is 3.00. The molecule has 1 aliphatic rings. The fourth-order valence-corrected chi connectivity index (χ4v) is 3.00. The molecular formula is C15H31N. The van der Waals surface area contributed by atoms with E-state index in [1.165, 1.54) is 38.9 Å². The number of piperidine rings is 1. The van der Waals surface area contributed by atoms with Gasteiger partial charge in [-0.3, -0.25) is 0 Å². The molecule has 0 aromatic heterocycles. The Bertz CT molecular complexity index is 184. The molecule has 0 aliphatic carbocycles. The summed E-state index contributed by atoms with van der Waals surface area (Å²) in [5, 5.41) is 0. The van der Waals surface area contributed by atoms with Crippen molar-refractivity contribution in [1.82, 2.24) is 4.90 Å². The predicted molar refractivity (Wildman–Crippen MR) is 72.7 cm³/mol. The van der Waals surface area contributed by atoms with Gasteiger partial charge in [0.15, 0.2) is 0 Å². The van der Waals surface area contributed by atoms with E-state index in [0.717, 1.165) is 5.92 Å². The van der Waals surface area contributed by atoms with Crippen LogP contribution in [0.15, 0.2) is 0 Å². The molecule has 0 spiro atoms. The third-order valence-electron chi connectivity index (χ3n) is 3.20. The van der Waals surface area contributed by atoms with Crippen LogP contribution < -0.4 is 0 Å². The highest BCUT2D eigenvalue weighted by atomic mass is 15.1. The lowest BCUT2D eigenvalue weighted by atomic mass is 9.81. The molecule has 1 saturated heterocycles. The zero-order valence-electron chi connectivity index (χ0n) is 12.3. The second-order valence-electron chi connectivity index (χ2n) is 8.07. The van der Waals surface area contributed by atoms with Crippen LogP contribution in [0.3, 0.4) is 0 Å². The summed E-state index contributed by atoms with van der Waals surface area (Å²) in [5.74, 6) is 0.927. The second-order valence-corrected chi connectivity index (χ2v) is 8.07. The average molecular weight is 225 g/mol. The lowest BCUT2D eigenvalue weighted by molar-refractivity contribution is 0.108. The summed E-state index contributed by atoms with van der Waals surface area (Å²) < 4.78 is 0. The molecule has 1 unspecified atom stereocenters. The summed E-state index contributed by atoms with van der Waals surface area (Å²) >= 11 is 0. The van der Waals surface area contributed by atoms with Crippen molar-refractivity contribution in [2.24, 2.45) is 16.7 Å². The van der Waals surface area contributed by atoms with E-state index in [1.54, 1.807) is 0 Å². The molecule has 96 valence electrons. The molecule has 0 radical (unpaired) electrons. The molecule has 0 amide bonds. The number of hydrogen-bond donors (Lipinski definition) is 0. The Balaban J connectivity index is 2.41. The maximum absolute atomic E-state index is 2.68. The van der Waals surface area contributed by atoms with Crippen LogP contribution in [0, 0.1) is 16.7 Å². The fraction of sp³-hybridized carbons (Fsp3) is 1.00. The Hall–Kier alpha value is -0.0400. The maximum Gasteiger partial charge on any atom is 0.00302 e. The Morgan fingerprint density at radius 2 is 1.62 bits per heavy atom. The molecule has 0 aromatic carbocycles. The molecule has 16 heavy (non-hydrogen) atoms. The number of likely N-dealkylation sites (tertiary alicyclic amines) is 1. The maximum atomic E-state index is 2.68. The third-order valence-corrected chi connectivity index (χ3v) is 3.20. The van der Waals surface area contributed by atoms with Gasteiger partial charge in [0.2, 0.25) is 0 Å². The average Bonchev–Trinajstić information content (AvgIpc) is 1.96. The smallest absolute Gasteiger partial charge is 0.00302 e. The van der Waals surface area contributed by atoms with E-state index in [1.807, 2.05) is 0 Å². The van der Waals surface area contributed by atoms with Gasteiger partial charge < -0.3 is 4.90 Å². The van der Waals surface area contributed by atoms with Gasteiger partial charge in [0, 0.05) is 13.1 Å². The summed E-state index contributed by atoms with van der Waals surface area (Å²) in [4.78, 5) is 2.68. The van der Waals surface area contributed by atoms with Gasteiger partial charge in [-0.05, 0) is 42.6 Å². The molecule has 1 heteroatoms. The molecule has 0 aromatic rings. The van der Waals surface area contributed by atoms with Crippen LogP contribution in [-0.2, 0) is 0 Å². The Kier molecular flexibility index (Phi) is 4.45. The van der Waals surface area contributed by atoms with E-state index in [9.17, 15) is 0 Å². The summed E-state index contributed by atoms with van der Waals surface area (Å²) in [5.41, 5.74) is 0.943. The monoisotopic (exact) mass is 225 g/mol. The van der Waals surface area contributed by atoms with Gasteiger partial charge in [0.25, 0.3) is 0 Å². The Labute approximate surface area is 103 Å². The van der Waals surface area contributed by atoms with Crippen molar-refractivity contribution in [3.63, 3.8) is 0 Å². The third kappa shape index (κ3) is 5.89. The van der Waals surface area contributed by atoms with Gasteiger partial charge in [0.1, 0.15) is 0 Å². The first-order valence-corrected chi connectivity index (χ1v) is 6.88. The van der Waals surface area contributed by atoms with Gasteiger partial charge in [-0.1, -0.05) is 41.5 Å². The number of hydrogen-bond acceptors (Lipinski definition) is 1. The van der Waals surface area contributed by atoms with Crippen LogP contribution in [0.2, 0.25) is 0 Å². The van der Waals surface area contributed by atoms with Gasteiger partial charge in [-0.15, -0.1) is 0 Å². The van der Waals surface area contributed by atoms with Crippen LogP contribution >= 0.6 is 0 Å². The lowest BCUT2D eigenvalue weighted by Crippen LogP contribution is -2.41. The molecule has 1 nitrogen and oxygen atoms in total. The normalized spacial score (nSPS) is 24.8. The first-order chi connectivity index (χ1) is 7.16.